The van der Waals surface area contributed by atoms with Gasteiger partial charge >= 0.3 is 7.12 Å². The summed E-state index contributed by atoms with van der Waals surface area (Å²) in [6, 6.07) is 8.52. The van der Waals surface area contributed by atoms with Crippen LogP contribution in [0, 0.1) is 5.92 Å². The van der Waals surface area contributed by atoms with Gasteiger partial charge < -0.3 is 39.9 Å². The molecule has 0 radical (unpaired) electrons. The number of benzene rings is 1. The Hall–Kier alpha value is -2.97. The van der Waals surface area contributed by atoms with Gasteiger partial charge in [0.2, 0.25) is 27.9 Å². The SMILES string of the molecule is CC(C)C[C@@H](NC(=O)[C@@H](Cc1ccccc1)NC(=O)c1cnccn1)B1OCCCN(CCCC(=O)NC([PH](=O)O)[PH](=O)O)CCCO1. The van der Waals surface area contributed by atoms with Crippen LogP contribution in [-0.4, -0.2) is 99.8 Å². The highest BCUT2D eigenvalue weighted by Gasteiger charge is 2.35. The Morgan fingerprint density at radius 3 is 2.23 bits per heavy atom. The first-order valence-corrected chi connectivity index (χ1v) is 19.0. The van der Waals surface area contributed by atoms with Crippen molar-refractivity contribution in [2.45, 2.75) is 69.9 Å². The predicted molar refractivity (Wildman–Crippen MR) is 182 cm³/mol. The highest BCUT2D eigenvalue weighted by molar-refractivity contribution is 7.57. The summed E-state index contributed by atoms with van der Waals surface area (Å²) in [5, 5.41) is 8.10. The molecule has 2 unspecified atom stereocenters. The maximum Gasteiger partial charge on any atom is 0.480 e. The number of rotatable bonds is 16. The monoisotopic (exact) mass is 708 g/mol. The Kier molecular flexibility index (Phi) is 17.4. The molecule has 1 fully saturated rings. The van der Waals surface area contributed by atoms with Crippen LogP contribution in [0.15, 0.2) is 48.9 Å². The minimum absolute atomic E-state index is 0.0490. The summed E-state index contributed by atoms with van der Waals surface area (Å²) < 4.78 is 34.8. The summed E-state index contributed by atoms with van der Waals surface area (Å²) >= 11 is 0. The number of carbonyl (C=O) groups is 3. The van der Waals surface area contributed by atoms with E-state index in [-0.39, 0.29) is 30.4 Å². The maximum atomic E-state index is 13.8. The van der Waals surface area contributed by atoms with Gasteiger partial charge in [0.25, 0.3) is 5.91 Å². The molecule has 1 saturated heterocycles. The molecule has 0 aliphatic carbocycles. The first-order chi connectivity index (χ1) is 23.0. The van der Waals surface area contributed by atoms with Gasteiger partial charge in [0, 0.05) is 51.5 Å². The van der Waals surface area contributed by atoms with E-state index in [1.54, 1.807) is 0 Å². The van der Waals surface area contributed by atoms with E-state index in [1.807, 2.05) is 44.2 Å². The lowest BCUT2D eigenvalue weighted by Crippen LogP contribution is -2.56. The van der Waals surface area contributed by atoms with Crippen LogP contribution in [0.1, 0.15) is 62.0 Å². The zero-order valence-corrected chi connectivity index (χ0v) is 29.4. The lowest BCUT2D eigenvalue weighted by atomic mass is 9.73. The summed E-state index contributed by atoms with van der Waals surface area (Å²) in [4.78, 5) is 67.4. The van der Waals surface area contributed by atoms with Crippen LogP contribution in [0.4, 0.5) is 0 Å². The van der Waals surface area contributed by atoms with Crippen LogP contribution in [0.5, 0.6) is 0 Å². The normalized spacial score (nSPS) is 17.8. The first-order valence-electron chi connectivity index (χ1n) is 16.1. The third-order valence-electron chi connectivity index (χ3n) is 7.56. The van der Waals surface area contributed by atoms with E-state index in [1.165, 1.54) is 18.6 Å². The quantitative estimate of drug-likeness (QED) is 0.125. The van der Waals surface area contributed by atoms with Crippen molar-refractivity contribution in [1.29, 1.82) is 0 Å². The Balaban J connectivity index is 1.58. The van der Waals surface area contributed by atoms with Gasteiger partial charge in [-0.25, -0.2) is 4.98 Å². The van der Waals surface area contributed by atoms with Crippen molar-refractivity contribution >= 4 is 40.9 Å². The fourth-order valence-electron chi connectivity index (χ4n) is 5.25. The molecule has 2 aromatic rings. The van der Waals surface area contributed by atoms with E-state index in [9.17, 15) is 33.3 Å². The third kappa shape index (κ3) is 14.3. The zero-order valence-electron chi connectivity index (χ0n) is 27.4. The molecule has 15 nitrogen and oxygen atoms in total. The predicted octanol–water partition coefficient (Wildman–Crippen LogP) is 1.62. The Bertz CT molecular complexity index is 1320. The van der Waals surface area contributed by atoms with Gasteiger partial charge in [-0.05, 0) is 43.7 Å². The fraction of sp³-hybridized carbons (Fsp3) is 0.567. The summed E-state index contributed by atoms with van der Waals surface area (Å²) in [5.41, 5.74) is -0.624. The van der Waals surface area contributed by atoms with Crippen molar-refractivity contribution in [2.24, 2.45) is 5.92 Å². The first kappa shape index (κ1) is 39.5. The molecule has 264 valence electrons. The van der Waals surface area contributed by atoms with Crippen molar-refractivity contribution in [3.8, 4) is 0 Å². The minimum Gasteiger partial charge on any atom is -0.410 e. The molecule has 48 heavy (non-hydrogen) atoms. The van der Waals surface area contributed by atoms with E-state index in [2.05, 4.69) is 30.8 Å². The van der Waals surface area contributed by atoms with Gasteiger partial charge in [-0.15, -0.1) is 0 Å². The smallest absolute Gasteiger partial charge is 0.410 e. The van der Waals surface area contributed by atoms with Crippen LogP contribution in [0.2, 0.25) is 0 Å². The molecular weight excluding hydrogens is 661 g/mol. The van der Waals surface area contributed by atoms with Crippen LogP contribution < -0.4 is 16.0 Å². The largest absolute Gasteiger partial charge is 0.480 e. The number of nitrogens with zero attached hydrogens (tertiary/aromatic N) is 3. The van der Waals surface area contributed by atoms with Crippen molar-refractivity contribution in [3.63, 3.8) is 0 Å². The van der Waals surface area contributed by atoms with Crippen molar-refractivity contribution in [1.82, 2.24) is 30.8 Å². The van der Waals surface area contributed by atoms with Crippen molar-refractivity contribution < 1.29 is 42.6 Å². The van der Waals surface area contributed by atoms with E-state index in [0.717, 1.165) is 5.56 Å². The van der Waals surface area contributed by atoms with Gasteiger partial charge in [0.15, 0.2) is 5.52 Å². The number of carbonyl (C=O) groups excluding carboxylic acids is 3. The second-order valence-electron chi connectivity index (χ2n) is 12.0. The molecule has 1 aromatic carbocycles. The topological polar surface area (TPSA) is 209 Å². The molecule has 5 N–H and O–H groups in total. The average molecular weight is 708 g/mol. The Morgan fingerprint density at radius 2 is 1.65 bits per heavy atom. The highest BCUT2D eigenvalue weighted by atomic mass is 31.2. The van der Waals surface area contributed by atoms with Gasteiger partial charge in [0.05, 0.1) is 12.1 Å². The summed E-state index contributed by atoms with van der Waals surface area (Å²) in [6.07, 6.45) is 6.91. The molecule has 2 heterocycles. The lowest BCUT2D eigenvalue weighted by Gasteiger charge is -2.30. The Labute approximate surface area is 282 Å². The molecule has 4 atom stereocenters. The van der Waals surface area contributed by atoms with Crippen LogP contribution in [-0.2, 0) is 34.4 Å². The minimum atomic E-state index is -3.37. The maximum absolute atomic E-state index is 13.8. The molecule has 1 aliphatic rings. The van der Waals surface area contributed by atoms with Gasteiger partial charge in [-0.3, -0.25) is 28.5 Å². The number of hydrogen-bond acceptors (Lipinski definition) is 10. The number of aromatic nitrogens is 2. The van der Waals surface area contributed by atoms with E-state index in [0.29, 0.717) is 58.5 Å². The molecule has 3 amide bonds. The number of amides is 3. The lowest BCUT2D eigenvalue weighted by molar-refractivity contribution is -0.123. The summed E-state index contributed by atoms with van der Waals surface area (Å²) in [6.45, 7) is 6.79. The molecule has 3 rings (SSSR count). The van der Waals surface area contributed by atoms with Crippen LogP contribution in [0.25, 0.3) is 0 Å². The van der Waals surface area contributed by atoms with Gasteiger partial charge in [0.1, 0.15) is 11.7 Å². The van der Waals surface area contributed by atoms with Crippen LogP contribution >= 0.6 is 16.1 Å². The molecular formula is C30H47BN6O9P2. The van der Waals surface area contributed by atoms with Crippen molar-refractivity contribution in [2.75, 3.05) is 32.8 Å². The average Bonchev–Trinajstić information content (AvgIpc) is 3.06. The second kappa shape index (κ2) is 21.2. The summed E-state index contributed by atoms with van der Waals surface area (Å²) in [7, 11) is -7.44. The number of hydrogen-bond donors (Lipinski definition) is 5. The zero-order chi connectivity index (χ0) is 34.9. The third-order valence-corrected chi connectivity index (χ3v) is 10.3. The van der Waals surface area contributed by atoms with Crippen molar-refractivity contribution in [3.05, 3.63) is 60.2 Å². The molecule has 0 bridgehead atoms. The molecule has 1 aliphatic heterocycles. The highest BCUT2D eigenvalue weighted by Crippen LogP contribution is 2.37. The van der Waals surface area contributed by atoms with Gasteiger partial charge in [-0.1, -0.05) is 44.2 Å². The molecule has 0 saturated carbocycles. The van der Waals surface area contributed by atoms with E-state index in [4.69, 9.17) is 9.31 Å². The van der Waals surface area contributed by atoms with E-state index < -0.39 is 52.5 Å². The summed E-state index contributed by atoms with van der Waals surface area (Å²) in [5.74, 6) is -1.70. The Morgan fingerprint density at radius 1 is 0.979 bits per heavy atom. The second-order valence-corrected chi connectivity index (χ2v) is 15.1. The van der Waals surface area contributed by atoms with Gasteiger partial charge in [-0.2, -0.15) is 0 Å². The molecule has 0 spiro atoms. The van der Waals surface area contributed by atoms with Crippen LogP contribution in [0.3, 0.4) is 0 Å². The fourth-order valence-corrected chi connectivity index (χ4v) is 6.67. The molecule has 1 aromatic heterocycles. The number of nitrogens with one attached hydrogen (secondary N) is 3. The molecule has 18 heteroatoms. The van der Waals surface area contributed by atoms with E-state index >= 15 is 0 Å². The standard InChI is InChI=1S/C30H47BN6O9P2/c1-22(2)19-26(35-28(39)24(20-23-9-4-3-5-10-23)34-29(40)25-21-32-12-13-33-25)31-45-17-7-15-37(16-8-18-46-31)14-6-11-27(38)36-30(47(41)42)48(43)44/h3-5,9-10,12-13,21-22,24,26,30,47-48H,6-8,11,14-20H2,1-2H3,(H,34,40)(H,35,39)(H,36,38)(H,41,42)(H,43,44)/t24-,26-/m1/s1.